The maximum Gasteiger partial charge on any atom is 0.0748 e. The zero-order chi connectivity index (χ0) is 13.7. The van der Waals surface area contributed by atoms with E-state index >= 15 is 0 Å². The van der Waals surface area contributed by atoms with Crippen molar-refractivity contribution in [1.29, 1.82) is 0 Å². The molecule has 19 heavy (non-hydrogen) atoms. The van der Waals surface area contributed by atoms with Gasteiger partial charge in [0.25, 0.3) is 0 Å². The van der Waals surface area contributed by atoms with Crippen molar-refractivity contribution >= 4 is 0 Å². The van der Waals surface area contributed by atoms with E-state index in [1.165, 1.54) is 16.8 Å². The molecule has 2 rings (SSSR count). The van der Waals surface area contributed by atoms with Crippen molar-refractivity contribution in [2.24, 2.45) is 0 Å². The van der Waals surface area contributed by atoms with Gasteiger partial charge in [0.15, 0.2) is 0 Å². The van der Waals surface area contributed by atoms with E-state index in [9.17, 15) is 0 Å². The third kappa shape index (κ3) is 3.24. The van der Waals surface area contributed by atoms with E-state index < -0.39 is 0 Å². The molecule has 1 unspecified atom stereocenters. The van der Waals surface area contributed by atoms with E-state index in [2.05, 4.69) is 66.2 Å². The SMILES string of the molecule is CCCNC(c1ccc(C)cc1)c1ccnn1CC. The molecule has 1 aromatic carbocycles. The van der Waals surface area contributed by atoms with Gasteiger partial charge in [-0.1, -0.05) is 36.8 Å². The fourth-order valence-electron chi connectivity index (χ4n) is 2.29. The molecule has 0 saturated carbocycles. The second-order valence-corrected chi connectivity index (χ2v) is 4.87. The zero-order valence-corrected chi connectivity index (χ0v) is 12.1. The van der Waals surface area contributed by atoms with Gasteiger partial charge in [0.2, 0.25) is 0 Å². The number of aromatic nitrogens is 2. The van der Waals surface area contributed by atoms with Crippen LogP contribution in [0.4, 0.5) is 0 Å². The largest absolute Gasteiger partial charge is 0.305 e. The number of rotatable bonds is 6. The molecule has 0 saturated heterocycles. The summed E-state index contributed by atoms with van der Waals surface area (Å²) in [6.07, 6.45) is 3.01. The summed E-state index contributed by atoms with van der Waals surface area (Å²) < 4.78 is 2.06. The van der Waals surface area contributed by atoms with Gasteiger partial charge in [-0.25, -0.2) is 0 Å². The van der Waals surface area contributed by atoms with Crippen molar-refractivity contribution in [3.63, 3.8) is 0 Å². The van der Waals surface area contributed by atoms with Crippen LogP contribution in [0.5, 0.6) is 0 Å². The van der Waals surface area contributed by atoms with Crippen LogP contribution in [-0.4, -0.2) is 16.3 Å². The Labute approximate surface area is 115 Å². The smallest absolute Gasteiger partial charge is 0.0748 e. The van der Waals surface area contributed by atoms with E-state index in [4.69, 9.17) is 0 Å². The number of hydrogen-bond donors (Lipinski definition) is 1. The molecule has 2 aromatic rings. The van der Waals surface area contributed by atoms with Gasteiger partial charge in [-0.15, -0.1) is 0 Å². The minimum absolute atomic E-state index is 0.225. The Morgan fingerprint density at radius 2 is 1.89 bits per heavy atom. The molecule has 1 N–H and O–H groups in total. The first-order chi connectivity index (χ1) is 9.26. The Hall–Kier alpha value is -1.61. The first-order valence-corrected chi connectivity index (χ1v) is 7.08. The molecule has 0 aliphatic carbocycles. The van der Waals surface area contributed by atoms with Gasteiger partial charge in [0.1, 0.15) is 0 Å². The highest BCUT2D eigenvalue weighted by atomic mass is 15.3. The lowest BCUT2D eigenvalue weighted by Gasteiger charge is -2.20. The molecule has 1 aromatic heterocycles. The van der Waals surface area contributed by atoms with Gasteiger partial charge in [0.05, 0.1) is 11.7 Å². The average molecular weight is 257 g/mol. The first kappa shape index (κ1) is 13.8. The molecule has 0 bridgehead atoms. The van der Waals surface area contributed by atoms with E-state index in [1.54, 1.807) is 0 Å². The predicted molar refractivity (Wildman–Crippen MR) is 79.2 cm³/mol. The van der Waals surface area contributed by atoms with Crippen molar-refractivity contribution < 1.29 is 0 Å². The van der Waals surface area contributed by atoms with Crippen molar-refractivity contribution in [1.82, 2.24) is 15.1 Å². The molecule has 3 heteroatoms. The van der Waals surface area contributed by atoms with Crippen LogP contribution >= 0.6 is 0 Å². The molecule has 0 aliphatic heterocycles. The summed E-state index contributed by atoms with van der Waals surface area (Å²) in [5, 5.41) is 8.00. The molecular formula is C16H23N3. The van der Waals surface area contributed by atoms with Gasteiger partial charge in [0, 0.05) is 12.7 Å². The maximum absolute atomic E-state index is 4.38. The number of hydrogen-bond acceptors (Lipinski definition) is 2. The van der Waals surface area contributed by atoms with Crippen molar-refractivity contribution in [2.45, 2.75) is 39.8 Å². The summed E-state index contributed by atoms with van der Waals surface area (Å²) in [5.74, 6) is 0. The van der Waals surface area contributed by atoms with Crippen LogP contribution in [0.3, 0.4) is 0 Å². The Morgan fingerprint density at radius 3 is 2.53 bits per heavy atom. The van der Waals surface area contributed by atoms with Crippen LogP contribution in [0.25, 0.3) is 0 Å². The van der Waals surface area contributed by atoms with Gasteiger partial charge in [-0.3, -0.25) is 4.68 Å². The number of aryl methyl sites for hydroxylation is 2. The summed E-state index contributed by atoms with van der Waals surface area (Å²) in [4.78, 5) is 0. The van der Waals surface area contributed by atoms with Crippen molar-refractivity contribution in [2.75, 3.05) is 6.54 Å². The molecule has 0 aliphatic rings. The Bertz CT molecular complexity index is 499. The summed E-state index contributed by atoms with van der Waals surface area (Å²) >= 11 is 0. The van der Waals surface area contributed by atoms with Crippen LogP contribution in [0.15, 0.2) is 36.5 Å². The van der Waals surface area contributed by atoms with Crippen molar-refractivity contribution in [3.8, 4) is 0 Å². The molecule has 102 valence electrons. The first-order valence-electron chi connectivity index (χ1n) is 7.08. The van der Waals surface area contributed by atoms with Crippen LogP contribution in [0.2, 0.25) is 0 Å². The standard InChI is InChI=1S/C16H23N3/c1-4-11-17-16(14-8-6-13(3)7-9-14)15-10-12-18-19(15)5-2/h6-10,12,16-17H,4-5,11H2,1-3H3. The monoisotopic (exact) mass is 257 g/mol. The Balaban J connectivity index is 2.32. The van der Waals surface area contributed by atoms with E-state index in [1.807, 2.05) is 6.20 Å². The van der Waals surface area contributed by atoms with Crippen LogP contribution in [0.1, 0.15) is 43.1 Å². The third-order valence-corrected chi connectivity index (χ3v) is 3.35. The summed E-state index contributed by atoms with van der Waals surface area (Å²) in [6.45, 7) is 8.35. The fourth-order valence-corrected chi connectivity index (χ4v) is 2.29. The molecule has 1 heterocycles. The molecular weight excluding hydrogens is 234 g/mol. The maximum atomic E-state index is 4.38. The molecule has 0 spiro atoms. The molecule has 0 amide bonds. The zero-order valence-electron chi connectivity index (χ0n) is 12.1. The summed E-state index contributed by atoms with van der Waals surface area (Å²) in [6, 6.07) is 11.1. The Kier molecular flexibility index (Phi) is 4.74. The Morgan fingerprint density at radius 1 is 1.16 bits per heavy atom. The topological polar surface area (TPSA) is 29.9 Å². The minimum atomic E-state index is 0.225. The van der Waals surface area contributed by atoms with E-state index in [-0.39, 0.29) is 6.04 Å². The lowest BCUT2D eigenvalue weighted by Crippen LogP contribution is -2.25. The summed E-state index contributed by atoms with van der Waals surface area (Å²) in [7, 11) is 0. The quantitative estimate of drug-likeness (QED) is 0.860. The lowest BCUT2D eigenvalue weighted by atomic mass is 10.0. The highest BCUT2D eigenvalue weighted by Gasteiger charge is 2.16. The van der Waals surface area contributed by atoms with Gasteiger partial charge in [-0.2, -0.15) is 5.10 Å². The average Bonchev–Trinajstić information content (AvgIpc) is 2.89. The molecule has 3 nitrogen and oxygen atoms in total. The van der Waals surface area contributed by atoms with Gasteiger partial charge >= 0.3 is 0 Å². The molecule has 0 fully saturated rings. The second-order valence-electron chi connectivity index (χ2n) is 4.87. The predicted octanol–water partition coefficient (Wildman–Crippen LogP) is 3.30. The highest BCUT2D eigenvalue weighted by molar-refractivity contribution is 5.30. The van der Waals surface area contributed by atoms with E-state index in [0.717, 1.165) is 19.5 Å². The molecule has 0 radical (unpaired) electrons. The highest BCUT2D eigenvalue weighted by Crippen LogP contribution is 2.22. The van der Waals surface area contributed by atoms with Crippen LogP contribution in [-0.2, 0) is 6.54 Å². The van der Waals surface area contributed by atoms with Crippen LogP contribution < -0.4 is 5.32 Å². The van der Waals surface area contributed by atoms with Gasteiger partial charge in [-0.05, 0) is 38.4 Å². The van der Waals surface area contributed by atoms with Crippen molar-refractivity contribution in [3.05, 3.63) is 53.3 Å². The van der Waals surface area contributed by atoms with Crippen LogP contribution in [0, 0.1) is 6.92 Å². The number of nitrogens with one attached hydrogen (secondary N) is 1. The number of nitrogens with zero attached hydrogens (tertiary/aromatic N) is 2. The third-order valence-electron chi connectivity index (χ3n) is 3.35. The van der Waals surface area contributed by atoms with E-state index in [0.29, 0.717) is 0 Å². The van der Waals surface area contributed by atoms with Gasteiger partial charge < -0.3 is 5.32 Å². The normalized spacial score (nSPS) is 12.6. The fraction of sp³-hybridized carbons (Fsp3) is 0.438. The lowest BCUT2D eigenvalue weighted by molar-refractivity contribution is 0.530. The second kappa shape index (κ2) is 6.53. The number of benzene rings is 1. The molecule has 1 atom stereocenters. The summed E-state index contributed by atoms with van der Waals surface area (Å²) in [5.41, 5.74) is 3.83. The minimum Gasteiger partial charge on any atom is -0.305 e.